The van der Waals surface area contributed by atoms with Gasteiger partial charge in [0.2, 0.25) is 0 Å². The Labute approximate surface area is 88.9 Å². The molecule has 0 aromatic heterocycles. The van der Waals surface area contributed by atoms with Gasteiger partial charge in [0.25, 0.3) is 0 Å². The van der Waals surface area contributed by atoms with Gasteiger partial charge in [-0.05, 0) is 38.3 Å². The largest absolute Gasteiger partial charge is 0.481 e. The summed E-state index contributed by atoms with van der Waals surface area (Å²) < 4.78 is 0. The molecule has 0 amide bonds. The molecule has 2 bridgehead atoms. The van der Waals surface area contributed by atoms with Crippen LogP contribution in [0.2, 0.25) is 0 Å². The summed E-state index contributed by atoms with van der Waals surface area (Å²) in [5, 5.41) is 8.54. The molecular weight excluding hydrogens is 198 g/mol. The van der Waals surface area contributed by atoms with Gasteiger partial charge < -0.3 is 5.11 Å². The number of thioether (sulfide) groups is 1. The molecule has 0 saturated carbocycles. The first-order valence-corrected chi connectivity index (χ1v) is 6.45. The molecule has 3 aliphatic rings. The highest BCUT2D eigenvalue weighted by atomic mass is 32.2. The van der Waals surface area contributed by atoms with E-state index in [2.05, 4.69) is 4.90 Å². The third-order valence-electron chi connectivity index (χ3n) is 3.31. The third-order valence-corrected chi connectivity index (χ3v) is 4.38. The van der Waals surface area contributed by atoms with E-state index in [1.54, 1.807) is 11.8 Å². The van der Waals surface area contributed by atoms with Gasteiger partial charge in [-0.25, -0.2) is 0 Å². The van der Waals surface area contributed by atoms with Crippen LogP contribution in [0.3, 0.4) is 0 Å². The van der Waals surface area contributed by atoms with Crippen molar-refractivity contribution in [2.24, 2.45) is 5.92 Å². The number of piperidine rings is 3. The molecule has 3 rings (SSSR count). The lowest BCUT2D eigenvalue weighted by Crippen LogP contribution is -2.49. The highest BCUT2D eigenvalue weighted by Gasteiger charge is 2.33. The smallest absolute Gasteiger partial charge is 0.313 e. The zero-order chi connectivity index (χ0) is 9.97. The van der Waals surface area contributed by atoms with Gasteiger partial charge >= 0.3 is 5.97 Å². The van der Waals surface area contributed by atoms with E-state index in [4.69, 9.17) is 5.11 Å². The summed E-state index contributed by atoms with van der Waals surface area (Å²) in [6.45, 7) is 2.48. The Morgan fingerprint density at radius 2 is 2.14 bits per heavy atom. The quantitative estimate of drug-likeness (QED) is 0.767. The first-order valence-electron chi connectivity index (χ1n) is 5.29. The molecule has 80 valence electrons. The van der Waals surface area contributed by atoms with Crippen molar-refractivity contribution in [3.63, 3.8) is 0 Å². The molecule has 1 unspecified atom stereocenters. The Kier molecular flexibility index (Phi) is 3.34. The zero-order valence-electron chi connectivity index (χ0n) is 8.32. The van der Waals surface area contributed by atoms with E-state index in [1.807, 2.05) is 0 Å². The maximum Gasteiger partial charge on any atom is 0.313 e. The molecule has 0 spiro atoms. The van der Waals surface area contributed by atoms with Gasteiger partial charge in [0.1, 0.15) is 0 Å². The van der Waals surface area contributed by atoms with Crippen LogP contribution in [0.1, 0.15) is 19.3 Å². The summed E-state index contributed by atoms with van der Waals surface area (Å²) in [5.74, 6) is 1.50. The van der Waals surface area contributed by atoms with Crippen LogP contribution in [-0.2, 0) is 4.79 Å². The number of rotatable bonds is 4. The number of hydrogen-bond acceptors (Lipinski definition) is 3. The monoisotopic (exact) mass is 215 g/mol. The molecule has 1 atom stereocenters. The lowest BCUT2D eigenvalue weighted by molar-refractivity contribution is -0.133. The molecule has 4 heteroatoms. The second-order valence-corrected chi connectivity index (χ2v) is 5.31. The van der Waals surface area contributed by atoms with Gasteiger partial charge in [-0.1, -0.05) is 0 Å². The van der Waals surface area contributed by atoms with Crippen LogP contribution in [0.4, 0.5) is 0 Å². The average molecular weight is 215 g/mol. The first kappa shape index (κ1) is 10.3. The molecule has 1 N–H and O–H groups in total. The lowest BCUT2D eigenvalue weighted by atomic mass is 9.84. The molecule has 14 heavy (non-hydrogen) atoms. The fourth-order valence-corrected chi connectivity index (χ4v) is 3.45. The van der Waals surface area contributed by atoms with Crippen LogP contribution in [0.15, 0.2) is 0 Å². The van der Waals surface area contributed by atoms with E-state index in [9.17, 15) is 4.79 Å². The standard InChI is InChI=1S/C10H17NO2S/c12-10(13)7-14-6-9-5-8-1-3-11(9)4-2-8/h8-9H,1-7H2,(H,12,13). The fourth-order valence-electron chi connectivity index (χ4n) is 2.54. The SMILES string of the molecule is O=C(O)CSCC1CC2CCN1CC2. The van der Waals surface area contributed by atoms with Gasteiger partial charge in [-0.2, -0.15) is 0 Å². The summed E-state index contributed by atoms with van der Waals surface area (Å²) in [6.07, 6.45) is 4.02. The molecule has 0 aliphatic carbocycles. The van der Waals surface area contributed by atoms with Gasteiger partial charge in [0.15, 0.2) is 0 Å². The topological polar surface area (TPSA) is 40.5 Å². The molecule has 3 saturated heterocycles. The second kappa shape index (κ2) is 4.53. The third kappa shape index (κ3) is 2.42. The molecule has 0 aromatic carbocycles. The zero-order valence-corrected chi connectivity index (χ0v) is 9.13. The normalized spacial score (nSPS) is 35.9. The fraction of sp³-hybridized carbons (Fsp3) is 0.900. The van der Waals surface area contributed by atoms with Crippen LogP contribution in [0.5, 0.6) is 0 Å². The van der Waals surface area contributed by atoms with E-state index in [0.717, 1.165) is 11.7 Å². The maximum atomic E-state index is 10.4. The van der Waals surface area contributed by atoms with E-state index in [1.165, 1.54) is 32.4 Å². The minimum Gasteiger partial charge on any atom is -0.481 e. The van der Waals surface area contributed by atoms with Gasteiger partial charge in [0, 0.05) is 11.8 Å². The number of carboxylic acids is 1. The molecule has 3 nitrogen and oxygen atoms in total. The van der Waals surface area contributed by atoms with Crippen LogP contribution in [-0.4, -0.2) is 46.6 Å². The van der Waals surface area contributed by atoms with Crippen LogP contribution >= 0.6 is 11.8 Å². The van der Waals surface area contributed by atoms with Crippen molar-refractivity contribution in [3.8, 4) is 0 Å². The Bertz CT molecular complexity index is 214. The van der Waals surface area contributed by atoms with Crippen molar-refractivity contribution in [1.29, 1.82) is 0 Å². The predicted octanol–water partition coefficient (Wildman–Crippen LogP) is 1.29. The Balaban J connectivity index is 1.73. The first-order chi connectivity index (χ1) is 6.75. The summed E-state index contributed by atoms with van der Waals surface area (Å²) >= 11 is 1.57. The van der Waals surface area contributed by atoms with Crippen LogP contribution in [0, 0.1) is 5.92 Å². The summed E-state index contributed by atoms with van der Waals surface area (Å²) in [5.41, 5.74) is 0. The molecule has 0 aromatic rings. The van der Waals surface area contributed by atoms with Gasteiger partial charge in [0.05, 0.1) is 5.75 Å². The van der Waals surface area contributed by atoms with E-state index >= 15 is 0 Å². The van der Waals surface area contributed by atoms with E-state index in [-0.39, 0.29) is 5.75 Å². The van der Waals surface area contributed by atoms with Crippen molar-refractivity contribution in [1.82, 2.24) is 4.90 Å². The number of nitrogens with zero attached hydrogens (tertiary/aromatic N) is 1. The van der Waals surface area contributed by atoms with E-state index < -0.39 is 5.97 Å². The Hall–Kier alpha value is -0.220. The number of hydrogen-bond donors (Lipinski definition) is 1. The van der Waals surface area contributed by atoms with Crippen molar-refractivity contribution in [2.75, 3.05) is 24.6 Å². The van der Waals surface area contributed by atoms with Crippen molar-refractivity contribution in [2.45, 2.75) is 25.3 Å². The summed E-state index contributed by atoms with van der Waals surface area (Å²) in [6, 6.07) is 0.659. The van der Waals surface area contributed by atoms with E-state index in [0.29, 0.717) is 6.04 Å². The predicted molar refractivity (Wildman–Crippen MR) is 57.7 cm³/mol. The summed E-state index contributed by atoms with van der Waals surface area (Å²) in [4.78, 5) is 12.9. The molecule has 3 heterocycles. The van der Waals surface area contributed by atoms with Crippen LogP contribution in [0.25, 0.3) is 0 Å². The molecular formula is C10H17NO2S. The van der Waals surface area contributed by atoms with Crippen molar-refractivity contribution < 1.29 is 9.90 Å². The number of aliphatic carboxylic acids is 1. The number of fused-ring (bicyclic) bond motifs is 3. The average Bonchev–Trinajstić information content (AvgIpc) is 2.19. The molecule has 3 fully saturated rings. The van der Waals surface area contributed by atoms with Gasteiger partial charge in [-0.15, -0.1) is 11.8 Å². The van der Waals surface area contributed by atoms with Crippen molar-refractivity contribution >= 4 is 17.7 Å². The molecule has 3 aliphatic heterocycles. The minimum atomic E-state index is -0.689. The maximum absolute atomic E-state index is 10.4. The second-order valence-electron chi connectivity index (χ2n) is 4.28. The highest BCUT2D eigenvalue weighted by Crippen LogP contribution is 2.33. The van der Waals surface area contributed by atoms with Gasteiger partial charge in [-0.3, -0.25) is 9.69 Å². The van der Waals surface area contributed by atoms with Crippen molar-refractivity contribution in [3.05, 3.63) is 0 Å². The molecule has 0 radical (unpaired) electrons. The Morgan fingerprint density at radius 1 is 1.43 bits per heavy atom. The number of carboxylic acid groups (broad SMARTS) is 1. The Morgan fingerprint density at radius 3 is 2.64 bits per heavy atom. The lowest BCUT2D eigenvalue weighted by Gasteiger charge is -2.45. The number of carbonyl (C=O) groups is 1. The highest BCUT2D eigenvalue weighted by molar-refractivity contribution is 7.99. The van der Waals surface area contributed by atoms with Crippen LogP contribution < -0.4 is 0 Å². The minimum absolute atomic E-state index is 0.259. The summed E-state index contributed by atoms with van der Waals surface area (Å²) in [7, 11) is 0.